The SMILES string of the molecule is NC(=O)c1cc([N+](=O)[O-])cn(CC(=O)N2CCCC2c2cccs2)c1=O. The minimum Gasteiger partial charge on any atom is -0.365 e. The highest BCUT2D eigenvalue weighted by Crippen LogP contribution is 2.34. The number of pyridine rings is 1. The number of hydrogen-bond acceptors (Lipinski definition) is 6. The van der Waals surface area contributed by atoms with Crippen LogP contribution in [0.15, 0.2) is 34.6 Å². The normalized spacial score (nSPS) is 16.6. The zero-order valence-corrected chi connectivity index (χ0v) is 14.5. The van der Waals surface area contributed by atoms with Crippen LogP contribution in [0.1, 0.15) is 34.1 Å². The van der Waals surface area contributed by atoms with Gasteiger partial charge in [-0.2, -0.15) is 0 Å². The van der Waals surface area contributed by atoms with Crippen molar-refractivity contribution < 1.29 is 14.5 Å². The van der Waals surface area contributed by atoms with Gasteiger partial charge in [0, 0.05) is 17.5 Å². The van der Waals surface area contributed by atoms with Crippen molar-refractivity contribution in [1.82, 2.24) is 9.47 Å². The maximum Gasteiger partial charge on any atom is 0.286 e. The summed E-state index contributed by atoms with van der Waals surface area (Å²) in [6.45, 7) is 0.163. The van der Waals surface area contributed by atoms with E-state index in [0.29, 0.717) is 6.54 Å². The molecule has 0 aliphatic carbocycles. The van der Waals surface area contributed by atoms with Crippen molar-refractivity contribution in [2.24, 2.45) is 5.73 Å². The molecule has 10 heteroatoms. The standard InChI is InChI=1S/C16H16N4O5S/c17-15(22)11-7-10(20(24)25)8-18(16(11)23)9-14(21)19-5-1-3-12(19)13-4-2-6-26-13/h2,4,6-8,12H,1,3,5,9H2,(H2,17,22). The van der Waals surface area contributed by atoms with Gasteiger partial charge in [0.2, 0.25) is 5.91 Å². The van der Waals surface area contributed by atoms with Crippen LogP contribution in [0.25, 0.3) is 0 Å². The number of primary amides is 1. The fourth-order valence-corrected chi connectivity index (χ4v) is 3.97. The van der Waals surface area contributed by atoms with Gasteiger partial charge in [0.15, 0.2) is 0 Å². The molecule has 3 heterocycles. The number of hydrogen-bond donors (Lipinski definition) is 1. The first kappa shape index (κ1) is 17.8. The van der Waals surface area contributed by atoms with E-state index in [1.807, 2.05) is 17.5 Å². The van der Waals surface area contributed by atoms with Crippen molar-refractivity contribution in [3.05, 3.63) is 60.7 Å². The fraction of sp³-hybridized carbons (Fsp3) is 0.312. The minimum atomic E-state index is -1.07. The zero-order chi connectivity index (χ0) is 18.8. The van der Waals surface area contributed by atoms with Gasteiger partial charge >= 0.3 is 0 Å². The summed E-state index contributed by atoms with van der Waals surface area (Å²) in [6.07, 6.45) is 2.62. The summed E-state index contributed by atoms with van der Waals surface area (Å²) in [6, 6.07) is 4.62. The molecule has 1 aliphatic rings. The van der Waals surface area contributed by atoms with Crippen molar-refractivity contribution in [3.63, 3.8) is 0 Å². The summed E-state index contributed by atoms with van der Waals surface area (Å²) in [5.41, 5.74) is 3.33. The maximum atomic E-state index is 12.7. The van der Waals surface area contributed by atoms with Crippen LogP contribution in [0.3, 0.4) is 0 Å². The number of amides is 2. The number of thiophene rings is 1. The molecule has 9 nitrogen and oxygen atoms in total. The second-order valence-electron chi connectivity index (χ2n) is 5.93. The van der Waals surface area contributed by atoms with Crippen molar-refractivity contribution in [1.29, 1.82) is 0 Å². The number of carbonyl (C=O) groups is 2. The average Bonchev–Trinajstić information content (AvgIpc) is 3.26. The Labute approximate surface area is 151 Å². The van der Waals surface area contributed by atoms with Crippen LogP contribution in [-0.4, -0.2) is 32.7 Å². The Bertz CT molecular complexity index is 921. The Morgan fingerprint density at radius 2 is 2.19 bits per heavy atom. The molecule has 2 amide bonds. The molecule has 1 saturated heterocycles. The van der Waals surface area contributed by atoms with Gasteiger partial charge in [-0.15, -0.1) is 11.3 Å². The number of likely N-dealkylation sites (tertiary alicyclic amines) is 1. The Hall–Kier alpha value is -3.01. The van der Waals surface area contributed by atoms with Crippen molar-refractivity contribution in [2.45, 2.75) is 25.4 Å². The molecule has 136 valence electrons. The summed E-state index contributed by atoms with van der Waals surface area (Å²) in [5.74, 6) is -1.41. The van der Waals surface area contributed by atoms with Gasteiger partial charge in [0.25, 0.3) is 17.2 Å². The van der Waals surface area contributed by atoms with Crippen LogP contribution >= 0.6 is 11.3 Å². The van der Waals surface area contributed by atoms with E-state index in [1.165, 1.54) is 0 Å². The molecule has 1 unspecified atom stereocenters. The maximum absolute atomic E-state index is 12.7. The Balaban J connectivity index is 1.90. The monoisotopic (exact) mass is 376 g/mol. The van der Waals surface area contributed by atoms with Crippen molar-refractivity contribution in [3.8, 4) is 0 Å². The summed E-state index contributed by atoms with van der Waals surface area (Å²) < 4.78 is 0.879. The van der Waals surface area contributed by atoms with Gasteiger partial charge in [-0.25, -0.2) is 0 Å². The van der Waals surface area contributed by atoms with Crippen LogP contribution in [0.5, 0.6) is 0 Å². The lowest BCUT2D eigenvalue weighted by molar-refractivity contribution is -0.385. The fourth-order valence-electron chi connectivity index (χ4n) is 3.09. The molecule has 2 aromatic heterocycles. The third-order valence-corrected chi connectivity index (χ3v) is 5.27. The van der Waals surface area contributed by atoms with E-state index in [0.717, 1.165) is 34.5 Å². The molecule has 2 N–H and O–H groups in total. The second kappa shape index (κ2) is 7.08. The minimum absolute atomic E-state index is 0.0625. The lowest BCUT2D eigenvalue weighted by atomic mass is 10.2. The van der Waals surface area contributed by atoms with E-state index in [1.54, 1.807) is 16.2 Å². The van der Waals surface area contributed by atoms with Crippen LogP contribution in [-0.2, 0) is 11.3 Å². The second-order valence-corrected chi connectivity index (χ2v) is 6.91. The lowest BCUT2D eigenvalue weighted by Crippen LogP contribution is -2.37. The molecular weight excluding hydrogens is 360 g/mol. The highest BCUT2D eigenvalue weighted by Gasteiger charge is 2.31. The van der Waals surface area contributed by atoms with Gasteiger partial charge in [0.05, 0.1) is 17.2 Å². The predicted molar refractivity (Wildman–Crippen MR) is 93.9 cm³/mol. The Kier molecular flexibility index (Phi) is 4.85. The molecule has 0 saturated carbocycles. The predicted octanol–water partition coefficient (Wildman–Crippen LogP) is 1.28. The van der Waals surface area contributed by atoms with Gasteiger partial charge < -0.3 is 10.6 Å². The van der Waals surface area contributed by atoms with Gasteiger partial charge in [0.1, 0.15) is 12.1 Å². The number of carbonyl (C=O) groups excluding carboxylic acids is 2. The Morgan fingerprint density at radius 3 is 2.81 bits per heavy atom. The van der Waals surface area contributed by atoms with E-state index in [2.05, 4.69) is 0 Å². The summed E-state index contributed by atoms with van der Waals surface area (Å²) in [4.78, 5) is 49.4. The molecule has 3 rings (SSSR count). The lowest BCUT2D eigenvalue weighted by Gasteiger charge is -2.24. The van der Waals surface area contributed by atoms with E-state index in [9.17, 15) is 24.5 Å². The molecule has 26 heavy (non-hydrogen) atoms. The van der Waals surface area contributed by atoms with Crippen molar-refractivity contribution in [2.75, 3.05) is 6.54 Å². The molecule has 1 atom stereocenters. The van der Waals surface area contributed by atoms with E-state index in [4.69, 9.17) is 5.73 Å². The number of nitrogens with two attached hydrogens (primary N) is 1. The Morgan fingerprint density at radius 1 is 1.42 bits per heavy atom. The molecule has 1 aliphatic heterocycles. The smallest absolute Gasteiger partial charge is 0.286 e. The first-order valence-electron chi connectivity index (χ1n) is 7.90. The largest absolute Gasteiger partial charge is 0.365 e. The van der Waals surface area contributed by atoms with Crippen molar-refractivity contribution >= 4 is 28.8 Å². The average molecular weight is 376 g/mol. The van der Waals surface area contributed by atoms with E-state index in [-0.39, 0.29) is 18.5 Å². The highest BCUT2D eigenvalue weighted by atomic mass is 32.1. The van der Waals surface area contributed by atoms with Gasteiger partial charge in [-0.05, 0) is 24.3 Å². The summed E-state index contributed by atoms with van der Waals surface area (Å²) in [7, 11) is 0. The van der Waals surface area contributed by atoms with Crippen LogP contribution in [0, 0.1) is 10.1 Å². The van der Waals surface area contributed by atoms with Crippen LogP contribution in [0.2, 0.25) is 0 Å². The number of nitro groups is 1. The van der Waals surface area contributed by atoms with Gasteiger partial charge in [-0.3, -0.25) is 29.1 Å². The third kappa shape index (κ3) is 3.36. The summed E-state index contributed by atoms with van der Waals surface area (Å²) in [5, 5.41) is 13.0. The number of rotatable bonds is 5. The number of nitrogens with zero attached hydrogens (tertiary/aromatic N) is 3. The summed E-state index contributed by atoms with van der Waals surface area (Å²) >= 11 is 1.55. The zero-order valence-electron chi connectivity index (χ0n) is 13.7. The van der Waals surface area contributed by atoms with E-state index < -0.39 is 27.6 Å². The molecular formula is C16H16N4O5S. The number of aromatic nitrogens is 1. The molecule has 0 spiro atoms. The molecule has 2 aromatic rings. The molecule has 0 bridgehead atoms. The van der Waals surface area contributed by atoms with Gasteiger partial charge in [-0.1, -0.05) is 6.07 Å². The quantitative estimate of drug-likeness (QED) is 0.621. The highest BCUT2D eigenvalue weighted by molar-refractivity contribution is 7.10. The van der Waals surface area contributed by atoms with E-state index >= 15 is 0 Å². The van der Waals surface area contributed by atoms with Crippen LogP contribution in [0.4, 0.5) is 5.69 Å². The topological polar surface area (TPSA) is 129 Å². The third-order valence-electron chi connectivity index (χ3n) is 4.30. The molecule has 0 aromatic carbocycles. The molecule has 0 radical (unpaired) electrons. The van der Waals surface area contributed by atoms with Crippen LogP contribution < -0.4 is 11.3 Å². The first-order chi connectivity index (χ1) is 12.4. The first-order valence-corrected chi connectivity index (χ1v) is 8.78. The molecule has 1 fully saturated rings.